The van der Waals surface area contributed by atoms with Gasteiger partial charge in [-0.05, 0) is 0 Å². The van der Waals surface area contributed by atoms with Gasteiger partial charge in [-0.1, -0.05) is 30.3 Å². The van der Waals surface area contributed by atoms with Crippen LogP contribution in [0.5, 0.6) is 0 Å². The van der Waals surface area contributed by atoms with Crippen molar-refractivity contribution >= 4 is 0 Å². The molecule has 86 valence electrons. The van der Waals surface area contributed by atoms with Crippen LogP contribution >= 0.6 is 0 Å². The Bertz CT molecular complexity index is 360. The third kappa shape index (κ3) is 2.20. The SMILES string of the molecule is O=[N+]([O-])CCC1(c2ccccc2)OCCO1. The zero-order valence-corrected chi connectivity index (χ0v) is 8.80. The van der Waals surface area contributed by atoms with Crippen LogP contribution in [0.15, 0.2) is 30.3 Å². The maximum absolute atomic E-state index is 10.4. The molecule has 5 heteroatoms. The topological polar surface area (TPSA) is 61.6 Å². The average molecular weight is 223 g/mol. The van der Waals surface area contributed by atoms with E-state index in [2.05, 4.69) is 0 Å². The molecule has 0 atom stereocenters. The summed E-state index contributed by atoms with van der Waals surface area (Å²) in [5.74, 6) is -0.922. The van der Waals surface area contributed by atoms with E-state index in [1.807, 2.05) is 30.3 Å². The zero-order chi connectivity index (χ0) is 11.4. The fraction of sp³-hybridized carbons (Fsp3) is 0.455. The van der Waals surface area contributed by atoms with E-state index in [4.69, 9.17) is 9.47 Å². The van der Waals surface area contributed by atoms with Crippen molar-refractivity contribution in [1.29, 1.82) is 0 Å². The minimum atomic E-state index is -0.922. The Balaban J connectivity index is 2.19. The van der Waals surface area contributed by atoms with Crippen LogP contribution in [0.4, 0.5) is 0 Å². The molecule has 0 radical (unpaired) electrons. The lowest BCUT2D eigenvalue weighted by molar-refractivity contribution is -0.487. The van der Waals surface area contributed by atoms with Crippen molar-refractivity contribution in [2.24, 2.45) is 0 Å². The smallest absolute Gasteiger partial charge is 0.209 e. The van der Waals surface area contributed by atoms with Gasteiger partial charge in [-0.25, -0.2) is 0 Å². The Morgan fingerprint density at radius 3 is 2.44 bits per heavy atom. The van der Waals surface area contributed by atoms with E-state index < -0.39 is 5.79 Å². The molecule has 1 aliphatic rings. The Morgan fingerprint density at radius 1 is 1.25 bits per heavy atom. The fourth-order valence-corrected chi connectivity index (χ4v) is 1.84. The number of nitro groups is 1. The van der Waals surface area contributed by atoms with E-state index in [0.717, 1.165) is 5.56 Å². The van der Waals surface area contributed by atoms with Crippen LogP contribution in [0.25, 0.3) is 0 Å². The molecule has 2 rings (SSSR count). The van der Waals surface area contributed by atoms with Gasteiger partial charge in [-0.2, -0.15) is 0 Å². The van der Waals surface area contributed by atoms with Gasteiger partial charge in [0.25, 0.3) is 0 Å². The number of hydrogen-bond acceptors (Lipinski definition) is 4. The lowest BCUT2D eigenvalue weighted by Crippen LogP contribution is -2.29. The first-order valence-corrected chi connectivity index (χ1v) is 5.18. The Hall–Kier alpha value is -1.46. The molecule has 0 saturated carbocycles. The molecule has 0 N–H and O–H groups in total. The number of hydrogen-bond donors (Lipinski definition) is 0. The van der Waals surface area contributed by atoms with Crippen molar-refractivity contribution < 1.29 is 14.4 Å². The summed E-state index contributed by atoms with van der Waals surface area (Å²) in [6, 6.07) is 9.36. The summed E-state index contributed by atoms with van der Waals surface area (Å²) >= 11 is 0. The third-order valence-corrected chi connectivity index (χ3v) is 2.59. The van der Waals surface area contributed by atoms with E-state index in [9.17, 15) is 10.1 Å². The normalized spacial score (nSPS) is 18.5. The minimum absolute atomic E-state index is 0.158. The van der Waals surface area contributed by atoms with Crippen molar-refractivity contribution in [3.05, 3.63) is 46.0 Å². The molecular formula is C11H13NO4. The van der Waals surface area contributed by atoms with Gasteiger partial charge in [0, 0.05) is 10.5 Å². The minimum Gasteiger partial charge on any atom is -0.343 e. The average Bonchev–Trinajstić information content (AvgIpc) is 2.78. The quantitative estimate of drug-likeness (QED) is 0.574. The van der Waals surface area contributed by atoms with Crippen LogP contribution in [0.1, 0.15) is 12.0 Å². The number of ether oxygens (including phenoxy) is 2. The summed E-state index contributed by atoms with van der Waals surface area (Å²) in [5.41, 5.74) is 0.842. The van der Waals surface area contributed by atoms with Gasteiger partial charge in [-0.3, -0.25) is 10.1 Å². The molecule has 5 nitrogen and oxygen atoms in total. The Morgan fingerprint density at radius 2 is 1.88 bits per heavy atom. The van der Waals surface area contributed by atoms with Crippen LogP contribution < -0.4 is 0 Å². The summed E-state index contributed by atoms with van der Waals surface area (Å²) in [4.78, 5) is 10.1. The second-order valence-electron chi connectivity index (χ2n) is 3.62. The van der Waals surface area contributed by atoms with Crippen molar-refractivity contribution in [2.75, 3.05) is 19.8 Å². The zero-order valence-electron chi connectivity index (χ0n) is 8.80. The van der Waals surface area contributed by atoms with E-state index in [0.29, 0.717) is 13.2 Å². The monoisotopic (exact) mass is 223 g/mol. The highest BCUT2D eigenvalue weighted by molar-refractivity contribution is 5.20. The molecule has 0 unspecified atom stereocenters. The standard InChI is InChI=1S/C11H13NO4/c13-12(14)7-6-11(15-8-9-16-11)10-4-2-1-3-5-10/h1-5H,6-9H2. The van der Waals surface area contributed by atoms with Gasteiger partial charge in [0.2, 0.25) is 12.3 Å². The third-order valence-electron chi connectivity index (χ3n) is 2.59. The van der Waals surface area contributed by atoms with Crippen molar-refractivity contribution in [1.82, 2.24) is 0 Å². The molecule has 1 heterocycles. The molecular weight excluding hydrogens is 210 g/mol. The van der Waals surface area contributed by atoms with Gasteiger partial charge in [0.1, 0.15) is 0 Å². The maximum Gasteiger partial charge on any atom is 0.209 e. The Kier molecular flexibility index (Phi) is 3.17. The molecule has 1 saturated heterocycles. The first-order chi connectivity index (χ1) is 7.73. The number of nitrogens with zero attached hydrogens (tertiary/aromatic N) is 1. The van der Waals surface area contributed by atoms with Gasteiger partial charge >= 0.3 is 0 Å². The van der Waals surface area contributed by atoms with Crippen molar-refractivity contribution in [2.45, 2.75) is 12.2 Å². The summed E-state index contributed by atoms with van der Waals surface area (Å²) in [6.45, 7) is 0.800. The van der Waals surface area contributed by atoms with E-state index in [1.165, 1.54) is 0 Å². The van der Waals surface area contributed by atoms with Crippen LogP contribution in [-0.2, 0) is 15.3 Å². The van der Waals surface area contributed by atoms with Crippen LogP contribution in [0.3, 0.4) is 0 Å². The van der Waals surface area contributed by atoms with E-state index in [-0.39, 0.29) is 17.9 Å². The summed E-state index contributed by atoms with van der Waals surface area (Å²) in [6.07, 6.45) is 0.240. The first-order valence-electron chi connectivity index (χ1n) is 5.18. The molecule has 0 amide bonds. The number of benzene rings is 1. The molecule has 0 bridgehead atoms. The lowest BCUT2D eigenvalue weighted by Gasteiger charge is -2.26. The van der Waals surface area contributed by atoms with Gasteiger partial charge in [0.15, 0.2) is 0 Å². The van der Waals surface area contributed by atoms with Crippen LogP contribution in [-0.4, -0.2) is 24.7 Å². The molecule has 0 aromatic heterocycles. The highest BCUT2D eigenvalue weighted by Crippen LogP contribution is 2.34. The molecule has 1 aromatic rings. The largest absolute Gasteiger partial charge is 0.343 e. The predicted molar refractivity (Wildman–Crippen MR) is 56.5 cm³/mol. The second-order valence-corrected chi connectivity index (χ2v) is 3.62. The Labute approximate surface area is 93.1 Å². The molecule has 1 aliphatic heterocycles. The predicted octanol–water partition coefficient (Wildman–Crippen LogP) is 1.55. The van der Waals surface area contributed by atoms with E-state index >= 15 is 0 Å². The molecule has 0 spiro atoms. The van der Waals surface area contributed by atoms with Gasteiger partial charge in [0.05, 0.1) is 19.6 Å². The van der Waals surface area contributed by atoms with Crippen LogP contribution in [0, 0.1) is 10.1 Å². The summed E-state index contributed by atoms with van der Waals surface area (Å²) in [7, 11) is 0. The number of rotatable bonds is 4. The fourth-order valence-electron chi connectivity index (χ4n) is 1.84. The van der Waals surface area contributed by atoms with E-state index in [1.54, 1.807) is 0 Å². The first kappa shape index (κ1) is 11.0. The highest BCUT2D eigenvalue weighted by Gasteiger charge is 2.39. The molecule has 16 heavy (non-hydrogen) atoms. The van der Waals surface area contributed by atoms with Crippen LogP contribution in [0.2, 0.25) is 0 Å². The second kappa shape index (κ2) is 4.59. The summed E-state index contributed by atoms with van der Waals surface area (Å²) < 4.78 is 11.1. The van der Waals surface area contributed by atoms with Crippen molar-refractivity contribution in [3.8, 4) is 0 Å². The lowest BCUT2D eigenvalue weighted by atomic mass is 10.0. The molecule has 1 aromatic carbocycles. The summed E-state index contributed by atoms with van der Waals surface area (Å²) in [5, 5.41) is 10.4. The van der Waals surface area contributed by atoms with Gasteiger partial charge in [-0.15, -0.1) is 0 Å². The molecule has 1 fully saturated rings. The molecule has 0 aliphatic carbocycles. The van der Waals surface area contributed by atoms with Gasteiger partial charge < -0.3 is 9.47 Å². The highest BCUT2D eigenvalue weighted by atomic mass is 16.7. The maximum atomic E-state index is 10.4. The van der Waals surface area contributed by atoms with Crippen molar-refractivity contribution in [3.63, 3.8) is 0 Å².